The van der Waals surface area contributed by atoms with Gasteiger partial charge in [0, 0.05) is 11.8 Å². The van der Waals surface area contributed by atoms with Crippen LogP contribution in [0.4, 0.5) is 10.1 Å². The van der Waals surface area contributed by atoms with Gasteiger partial charge in [0.2, 0.25) is 5.91 Å². The number of carbonyl (C=O) groups is 1. The van der Waals surface area contributed by atoms with E-state index in [0.29, 0.717) is 0 Å². The van der Waals surface area contributed by atoms with Crippen LogP contribution in [0.5, 0.6) is 0 Å². The van der Waals surface area contributed by atoms with Gasteiger partial charge in [-0.2, -0.15) is 0 Å². The fraction of sp³-hybridized carbons (Fsp3) is 0. The zero-order valence-electron chi connectivity index (χ0n) is 10.4. The molecule has 1 heterocycles. The summed E-state index contributed by atoms with van der Waals surface area (Å²) in [5, 5.41) is 0.131. The van der Waals surface area contributed by atoms with E-state index in [1.807, 2.05) is 0 Å². The van der Waals surface area contributed by atoms with Crippen molar-refractivity contribution < 1.29 is 17.6 Å². The number of anilines is 1. The fourth-order valence-electron chi connectivity index (χ4n) is 1.48. The van der Waals surface area contributed by atoms with E-state index in [2.05, 4.69) is 9.71 Å². The summed E-state index contributed by atoms with van der Waals surface area (Å²) >= 11 is 5.56. The van der Waals surface area contributed by atoms with Crippen molar-refractivity contribution in [1.82, 2.24) is 4.98 Å². The summed E-state index contributed by atoms with van der Waals surface area (Å²) in [6.07, 6.45) is 1.04. The van der Waals surface area contributed by atoms with Crippen LogP contribution in [0.2, 0.25) is 5.15 Å². The Balaban J connectivity index is 2.32. The molecule has 1 aromatic heterocycles. The second-order valence-corrected chi connectivity index (χ2v) is 6.05. The first kappa shape index (κ1) is 15.2. The van der Waals surface area contributed by atoms with Crippen molar-refractivity contribution in [3.05, 3.63) is 53.1 Å². The van der Waals surface area contributed by atoms with Gasteiger partial charge in [0.25, 0.3) is 10.0 Å². The highest BCUT2D eigenvalue weighted by Crippen LogP contribution is 2.20. The Morgan fingerprint density at radius 3 is 2.52 bits per heavy atom. The lowest BCUT2D eigenvalue weighted by Crippen LogP contribution is -2.15. The van der Waals surface area contributed by atoms with E-state index in [0.717, 1.165) is 18.3 Å². The molecule has 9 heteroatoms. The van der Waals surface area contributed by atoms with Crippen molar-refractivity contribution >= 4 is 33.2 Å². The molecule has 0 aliphatic rings. The number of hydrogen-bond donors (Lipinski definition) is 2. The number of halogens is 2. The van der Waals surface area contributed by atoms with Crippen molar-refractivity contribution in [3.63, 3.8) is 0 Å². The highest BCUT2D eigenvalue weighted by molar-refractivity contribution is 7.92. The summed E-state index contributed by atoms with van der Waals surface area (Å²) in [6.45, 7) is 0. The second-order valence-electron chi connectivity index (χ2n) is 3.98. The largest absolute Gasteiger partial charge is 0.366 e. The first-order valence-electron chi connectivity index (χ1n) is 5.53. The number of amides is 1. The van der Waals surface area contributed by atoms with Gasteiger partial charge in [-0.25, -0.2) is 17.8 Å². The number of carbonyl (C=O) groups excluding carboxylic acids is 1. The number of primary amides is 1. The molecule has 0 atom stereocenters. The molecule has 110 valence electrons. The van der Waals surface area contributed by atoms with Crippen molar-refractivity contribution in [3.8, 4) is 0 Å². The zero-order valence-corrected chi connectivity index (χ0v) is 12.0. The molecule has 0 aliphatic carbocycles. The minimum Gasteiger partial charge on any atom is -0.366 e. The highest BCUT2D eigenvalue weighted by atomic mass is 35.5. The van der Waals surface area contributed by atoms with E-state index < -0.39 is 21.7 Å². The van der Waals surface area contributed by atoms with Crippen LogP contribution in [0.1, 0.15) is 10.4 Å². The summed E-state index contributed by atoms with van der Waals surface area (Å²) in [7, 11) is -4.01. The van der Waals surface area contributed by atoms with Crippen LogP contribution < -0.4 is 10.5 Å². The molecule has 3 N–H and O–H groups in total. The summed E-state index contributed by atoms with van der Waals surface area (Å²) < 4.78 is 39.9. The van der Waals surface area contributed by atoms with Crippen LogP contribution in [-0.2, 0) is 10.0 Å². The maximum absolute atomic E-state index is 13.7. The summed E-state index contributed by atoms with van der Waals surface area (Å²) in [5.41, 5.74) is 4.62. The van der Waals surface area contributed by atoms with E-state index in [-0.39, 0.29) is 21.3 Å². The number of rotatable bonds is 4. The van der Waals surface area contributed by atoms with Gasteiger partial charge in [-0.15, -0.1) is 0 Å². The molecule has 21 heavy (non-hydrogen) atoms. The Morgan fingerprint density at radius 1 is 1.29 bits per heavy atom. The molecule has 2 rings (SSSR count). The minimum absolute atomic E-state index is 0.0661. The number of nitrogens with two attached hydrogens (primary N) is 1. The predicted molar refractivity (Wildman–Crippen MR) is 75.0 cm³/mol. The number of hydrogen-bond acceptors (Lipinski definition) is 4. The van der Waals surface area contributed by atoms with E-state index >= 15 is 0 Å². The van der Waals surface area contributed by atoms with Crippen LogP contribution in [0.3, 0.4) is 0 Å². The van der Waals surface area contributed by atoms with Gasteiger partial charge in [-0.05, 0) is 30.3 Å². The molecule has 0 bridgehead atoms. The van der Waals surface area contributed by atoms with Crippen LogP contribution in [-0.4, -0.2) is 19.3 Å². The van der Waals surface area contributed by atoms with Gasteiger partial charge < -0.3 is 5.73 Å². The molecular formula is C12H9ClFN3O3S. The lowest BCUT2D eigenvalue weighted by atomic mass is 10.2. The van der Waals surface area contributed by atoms with Crippen LogP contribution >= 0.6 is 11.6 Å². The van der Waals surface area contributed by atoms with Crippen molar-refractivity contribution in [1.29, 1.82) is 0 Å². The fourth-order valence-corrected chi connectivity index (χ4v) is 2.60. The van der Waals surface area contributed by atoms with E-state index in [9.17, 15) is 17.6 Å². The molecular weight excluding hydrogens is 321 g/mol. The Kier molecular flexibility index (Phi) is 4.10. The maximum atomic E-state index is 13.7. The van der Waals surface area contributed by atoms with Crippen molar-refractivity contribution in [2.75, 3.05) is 4.72 Å². The molecule has 0 spiro atoms. The van der Waals surface area contributed by atoms with Gasteiger partial charge in [0.15, 0.2) is 0 Å². The van der Waals surface area contributed by atoms with Gasteiger partial charge >= 0.3 is 0 Å². The summed E-state index contributed by atoms with van der Waals surface area (Å²) in [6, 6.07) is 5.69. The second kappa shape index (κ2) is 5.66. The Bertz CT molecular complexity index is 794. The number of nitrogens with one attached hydrogen (secondary N) is 1. The Hall–Kier alpha value is -2.19. The lowest BCUT2D eigenvalue weighted by molar-refractivity contribution is 0.1000. The standard InChI is InChI=1S/C12H9ClFN3O3S/c13-11-4-2-8(6-16-11)21(19,20)17-10-3-1-7(12(15)18)5-9(10)14/h1-6,17H,(H2,15,18). The molecule has 0 radical (unpaired) electrons. The first-order valence-corrected chi connectivity index (χ1v) is 7.39. The van der Waals surface area contributed by atoms with E-state index in [1.54, 1.807) is 0 Å². The number of sulfonamides is 1. The van der Waals surface area contributed by atoms with Gasteiger partial charge in [0.05, 0.1) is 5.69 Å². The molecule has 0 aliphatic heterocycles. The van der Waals surface area contributed by atoms with Gasteiger partial charge in [-0.3, -0.25) is 9.52 Å². The van der Waals surface area contributed by atoms with E-state index in [1.165, 1.54) is 18.2 Å². The zero-order chi connectivity index (χ0) is 15.6. The Labute approximate surface area is 124 Å². The predicted octanol–water partition coefficient (Wildman–Crippen LogP) is 1.77. The first-order chi connectivity index (χ1) is 9.79. The molecule has 1 aromatic carbocycles. The molecule has 0 unspecified atom stereocenters. The average Bonchev–Trinajstić information content (AvgIpc) is 2.41. The maximum Gasteiger partial charge on any atom is 0.263 e. The molecule has 1 amide bonds. The molecule has 0 fully saturated rings. The van der Waals surface area contributed by atoms with Crippen molar-refractivity contribution in [2.24, 2.45) is 5.73 Å². The van der Waals surface area contributed by atoms with Crippen molar-refractivity contribution in [2.45, 2.75) is 4.90 Å². The quantitative estimate of drug-likeness (QED) is 0.834. The smallest absolute Gasteiger partial charge is 0.263 e. The topological polar surface area (TPSA) is 102 Å². The van der Waals surface area contributed by atoms with Gasteiger partial charge in [0.1, 0.15) is 15.9 Å². The number of benzene rings is 1. The normalized spacial score (nSPS) is 11.1. The highest BCUT2D eigenvalue weighted by Gasteiger charge is 2.17. The van der Waals surface area contributed by atoms with Crippen LogP contribution in [0.15, 0.2) is 41.4 Å². The number of aromatic nitrogens is 1. The molecule has 6 nitrogen and oxygen atoms in total. The third kappa shape index (κ3) is 3.47. The lowest BCUT2D eigenvalue weighted by Gasteiger charge is -2.09. The monoisotopic (exact) mass is 329 g/mol. The van der Waals surface area contributed by atoms with Crippen LogP contribution in [0.25, 0.3) is 0 Å². The minimum atomic E-state index is -4.01. The number of pyridine rings is 1. The SMILES string of the molecule is NC(=O)c1ccc(NS(=O)(=O)c2ccc(Cl)nc2)c(F)c1. The summed E-state index contributed by atoms with van der Waals surface area (Å²) in [5.74, 6) is -1.73. The van der Waals surface area contributed by atoms with Crippen LogP contribution in [0, 0.1) is 5.82 Å². The number of nitrogens with zero attached hydrogens (tertiary/aromatic N) is 1. The van der Waals surface area contributed by atoms with Gasteiger partial charge in [-0.1, -0.05) is 11.6 Å². The molecule has 0 saturated heterocycles. The molecule has 0 saturated carbocycles. The molecule has 2 aromatic rings. The van der Waals surface area contributed by atoms with E-state index in [4.69, 9.17) is 17.3 Å². The third-order valence-electron chi connectivity index (χ3n) is 2.51. The summed E-state index contributed by atoms with van der Waals surface area (Å²) in [4.78, 5) is 14.4. The third-order valence-corrected chi connectivity index (χ3v) is 4.08. The average molecular weight is 330 g/mol. The Morgan fingerprint density at radius 2 is 2.00 bits per heavy atom.